The third-order valence-electron chi connectivity index (χ3n) is 25.3. The highest BCUT2D eigenvalue weighted by molar-refractivity contribution is 8.00. The maximum Gasteiger partial charge on any atom is 0.472 e. The lowest BCUT2D eigenvalue weighted by molar-refractivity contribution is -0.149. The predicted molar refractivity (Wildman–Crippen MR) is 487 cm³/mol. The number of imidazole rings is 1. The highest BCUT2D eigenvalue weighted by Gasteiger charge is 2.48. The first-order chi connectivity index (χ1) is 64.7. The summed E-state index contributed by atoms with van der Waals surface area (Å²) in [5, 5.41) is 60.3. The van der Waals surface area contributed by atoms with E-state index >= 15 is 43.2 Å². The van der Waals surface area contributed by atoms with Crippen molar-refractivity contribution in [3.05, 3.63) is 120 Å². The average molecular weight is 1920 g/mol. The van der Waals surface area contributed by atoms with Crippen LogP contribution in [-0.4, -0.2) is 304 Å². The molecule has 2 bridgehead atoms. The van der Waals surface area contributed by atoms with Gasteiger partial charge in [0.1, 0.15) is 72.5 Å². The summed E-state index contributed by atoms with van der Waals surface area (Å²) in [5.74, 6) is -23.5. The topological polar surface area (TPSA) is 577 Å². The van der Waals surface area contributed by atoms with Crippen molar-refractivity contribution < 1.29 is 115 Å². The minimum absolute atomic E-state index is 0.00554. The number of benzene rings is 3. The molecule has 1 unspecified atom stereocenters. The van der Waals surface area contributed by atoms with Gasteiger partial charge in [-0.15, -0.1) is 11.8 Å². The van der Waals surface area contributed by atoms with E-state index < -0.39 is 278 Å². The van der Waals surface area contributed by atoms with Crippen LogP contribution in [0.25, 0.3) is 21.8 Å². The molecule has 10 rings (SSSR count). The van der Waals surface area contributed by atoms with Gasteiger partial charge in [-0.3, -0.25) is 90.9 Å². The number of carbonyl (C=O) groups is 18. The maximum atomic E-state index is 15.7. The quantitative estimate of drug-likeness (QED) is 0.0552. The molecule has 6 aromatic rings. The number of hydrogen-bond acceptors (Lipinski definition) is 23. The monoisotopic (exact) mass is 1920 g/mol. The molecule has 3 aromatic carbocycles. The molecule has 44 heteroatoms. The van der Waals surface area contributed by atoms with Crippen LogP contribution in [0.15, 0.2) is 97.7 Å². The molecule has 6 heterocycles. The number of phenolic OH excluding ortho intramolecular Hbond substituents is 1. The van der Waals surface area contributed by atoms with E-state index in [1.165, 1.54) is 59.3 Å². The van der Waals surface area contributed by atoms with E-state index in [0.717, 1.165) is 31.4 Å². The second kappa shape index (κ2) is 48.4. The van der Waals surface area contributed by atoms with E-state index in [9.17, 15) is 71.6 Å². The number of likely N-dealkylation sites (N-methyl/N-ethyl adjacent to an activating group) is 3. The number of nitrogens with one attached hydrogen (secondary N) is 12. The normalized spacial score (nSPS) is 26.1. The molecule has 0 radical (unpaired) electrons. The van der Waals surface area contributed by atoms with Crippen molar-refractivity contribution in [1.29, 1.82) is 0 Å². The zero-order chi connectivity index (χ0) is 99.1. The van der Waals surface area contributed by atoms with E-state index in [0.29, 0.717) is 76.7 Å². The first-order valence-corrected chi connectivity index (χ1v) is 46.6. The molecule has 0 spiro atoms. The lowest BCUT2D eigenvalue weighted by atomic mass is 9.86. The Hall–Kier alpha value is -13.1. The smallest absolute Gasteiger partial charge is 0.472 e. The molecule has 736 valence electrons. The number of carbonyl (C=O) groups excluding carboxylic acids is 18. The van der Waals surface area contributed by atoms with Gasteiger partial charge in [-0.25, -0.2) is 4.98 Å². The van der Waals surface area contributed by atoms with Crippen LogP contribution in [0.3, 0.4) is 0 Å². The number of rotatable bonds is 18. The summed E-state index contributed by atoms with van der Waals surface area (Å²) in [6, 6.07) is 0.277. The standard InChI is InChI=1S/C92H120F3N19O21S/c1-8-10-25-71-86(130)102-49(3)79(123)109-70(83(127)100-42-75(96)119)46-136-47-77(121)103-67(34-51-27-29-56(116)30-28-51)87(131)110(5)50(4)80(124)104-64-31-32-76(120)97-33-17-24-65(105-84(128)66(106-82(126)61-21-16-20-60(61)78(64)122)38-55-43-113(48-101-55)91(135)92(93,94)95)89(133)114-44-57(117)39-73(114)74(118)37-52(35-53-40-98-62-22-14-12-18-58(53)62)81(125)108-69(45-115)85(129)107-68(36-54-41-99-63-23-15-13-19-59(54)63)88(132)112(7)72(26-11-9-2)90(134)111(71)6/h12-15,18-19,22-23,27-30,40-41,43,48-50,52,57,60-61,64-73,98-99,115-117H,8-11,16-17,20-21,24-26,31-39,42,44-47H2,1-7H3,(H2,96,119)(H,97,120)(H,100,127)(H,102,130)(H,103,121)(H,104,124)(H,105,128)(H,106,126)(H,107,129)(H,108,125)(H,109,123)/t49-,50-,52+,57+,60?,61+,64-,65+,66-,67-,68-,69-,70-,71-,72-,73-/m0/s1. The molecule has 3 aliphatic heterocycles. The summed E-state index contributed by atoms with van der Waals surface area (Å²) in [7, 11) is 3.89. The highest BCUT2D eigenvalue weighted by Crippen LogP contribution is 2.36. The van der Waals surface area contributed by atoms with E-state index in [1.807, 2.05) is 13.8 Å². The largest absolute Gasteiger partial charge is 0.508 e. The molecule has 136 heavy (non-hydrogen) atoms. The SMILES string of the molecule is CCCC[C@H]1C(=O)N(C)[C@@H](CCCC)C(=O)N[C@@H](C)C(=O)N[C@H](C(=O)NCC(N)=O)CSCC(=O)N[C@@H](Cc2ccc(O)cc2)C(=O)N(C)[C@@H](C)C(=O)N[C@H]2CCC(=O)NCCC[C@@H](NC(=O)[C@H](Cc3cn(C(=O)C(F)(F)F)cn3)NC(=O)[C@@H]3CCCC3C2=O)C(=O)N2C[C@H](O)C[C@H]2C(=O)C[C@@H](Cc2c[nH]c3ccccc23)C(=O)N[C@@H](CO)C(=O)N[C@@H](Cc2c[nH]c3ccccc23)C(=O)N1C. The van der Waals surface area contributed by atoms with Crippen molar-refractivity contribution >= 4 is 140 Å². The number of aromatic amines is 2. The first kappa shape index (κ1) is 105. The number of para-hydroxylation sites is 2. The van der Waals surface area contributed by atoms with Gasteiger partial charge in [-0.2, -0.15) is 13.2 Å². The lowest BCUT2D eigenvalue weighted by Gasteiger charge is -2.36. The Labute approximate surface area is 785 Å². The van der Waals surface area contributed by atoms with E-state index in [2.05, 4.69) is 68.1 Å². The van der Waals surface area contributed by atoms with Gasteiger partial charge in [0, 0.05) is 137 Å². The third kappa shape index (κ3) is 27.6. The Morgan fingerprint density at radius 3 is 1.84 bits per heavy atom. The molecule has 4 fully saturated rings. The summed E-state index contributed by atoms with van der Waals surface area (Å²) in [6.07, 6.45) is -5.11. The number of aromatic nitrogens is 4. The van der Waals surface area contributed by atoms with Crippen LogP contribution >= 0.6 is 11.8 Å². The Kier molecular flexibility index (Phi) is 37.3. The Morgan fingerprint density at radius 1 is 0.596 bits per heavy atom. The summed E-state index contributed by atoms with van der Waals surface area (Å²) < 4.78 is 41.8. The van der Waals surface area contributed by atoms with Gasteiger partial charge in [0.15, 0.2) is 11.6 Å². The minimum Gasteiger partial charge on any atom is -0.508 e. The molecule has 1 aliphatic carbocycles. The zero-order valence-electron chi connectivity index (χ0n) is 76.6. The number of nitrogens with two attached hydrogens (primary N) is 1. The molecular weight excluding hydrogens is 1800 g/mol. The molecule has 3 aromatic heterocycles. The summed E-state index contributed by atoms with van der Waals surface area (Å²) in [6.45, 7) is 3.55. The van der Waals surface area contributed by atoms with Crippen molar-refractivity contribution in [1.82, 2.24) is 92.3 Å². The Bertz CT molecular complexity index is 5380. The molecule has 17 N–H and O–H groups in total. The number of halogens is 3. The molecule has 4 aliphatic rings. The first-order valence-electron chi connectivity index (χ1n) is 45.5. The van der Waals surface area contributed by atoms with Crippen LogP contribution < -0.4 is 58.9 Å². The van der Waals surface area contributed by atoms with Crippen LogP contribution in [0.2, 0.25) is 0 Å². The number of alkyl halides is 3. The van der Waals surface area contributed by atoms with Crippen LogP contribution in [0, 0.1) is 17.8 Å². The maximum absolute atomic E-state index is 15.7. The number of aliphatic hydroxyl groups is 2. The van der Waals surface area contributed by atoms with Gasteiger partial charge in [0.05, 0.1) is 42.8 Å². The lowest BCUT2D eigenvalue weighted by Crippen LogP contribution is -2.60. The van der Waals surface area contributed by atoms with Crippen LogP contribution in [0.5, 0.6) is 5.75 Å². The van der Waals surface area contributed by atoms with Gasteiger partial charge in [-0.1, -0.05) is 94.5 Å². The van der Waals surface area contributed by atoms with Gasteiger partial charge < -0.3 is 104 Å². The van der Waals surface area contributed by atoms with Crippen molar-refractivity contribution in [2.24, 2.45) is 23.5 Å². The predicted octanol–water partition coefficient (Wildman–Crippen LogP) is 0.357. The fourth-order valence-corrected chi connectivity index (χ4v) is 18.3. The van der Waals surface area contributed by atoms with Gasteiger partial charge in [0.25, 0.3) is 0 Å². The molecular formula is C92H120F3N19O21S. The Balaban J connectivity index is 1.03. The molecule has 15 amide bonds. The fraction of sp³-hybridized carbons (Fsp3) is 0.533. The Morgan fingerprint density at radius 2 is 1.19 bits per heavy atom. The summed E-state index contributed by atoms with van der Waals surface area (Å²) >= 11 is 0.764. The highest BCUT2D eigenvalue weighted by atomic mass is 32.2. The average Bonchev–Trinajstić information content (AvgIpc) is 1.70. The van der Waals surface area contributed by atoms with Crippen molar-refractivity contribution in [3.8, 4) is 5.75 Å². The van der Waals surface area contributed by atoms with Gasteiger partial charge >= 0.3 is 12.1 Å². The number of fused-ring (bicyclic) bond motifs is 12. The number of thioether (sulfide) groups is 1. The van der Waals surface area contributed by atoms with Crippen molar-refractivity contribution in [2.75, 3.05) is 58.9 Å². The number of ketones is 2. The van der Waals surface area contributed by atoms with Crippen molar-refractivity contribution in [3.63, 3.8) is 0 Å². The van der Waals surface area contributed by atoms with Crippen LogP contribution in [-0.2, 0) is 107 Å². The molecule has 3 saturated heterocycles. The second-order valence-corrected chi connectivity index (χ2v) is 36.1. The van der Waals surface area contributed by atoms with Gasteiger partial charge in [0.2, 0.25) is 88.6 Å². The van der Waals surface area contributed by atoms with E-state index in [-0.39, 0.29) is 80.3 Å². The number of primary amides is 1. The van der Waals surface area contributed by atoms with E-state index in [1.54, 1.807) is 60.9 Å². The number of unbranched alkanes of at least 4 members (excludes halogenated alkanes) is 2. The molecule has 1 saturated carbocycles. The number of hydrogen-bond donors (Lipinski definition) is 16. The fourth-order valence-electron chi connectivity index (χ4n) is 17.4. The molecule has 16 atom stereocenters. The number of phenols is 1. The van der Waals surface area contributed by atoms with E-state index in [4.69, 9.17) is 5.73 Å². The minimum atomic E-state index is -5.42. The number of nitrogens with zero attached hydrogens (tertiary/aromatic N) is 6. The van der Waals surface area contributed by atoms with Crippen molar-refractivity contribution in [2.45, 2.75) is 234 Å². The van der Waals surface area contributed by atoms with Crippen LogP contribution in [0.4, 0.5) is 13.2 Å². The van der Waals surface area contributed by atoms with Gasteiger partial charge in [-0.05, 0) is 106 Å². The number of H-pyrrole nitrogens is 2. The molecule has 40 nitrogen and oxygen atoms in total. The third-order valence-corrected chi connectivity index (χ3v) is 26.3. The van der Waals surface area contributed by atoms with Crippen LogP contribution in [0.1, 0.15) is 151 Å². The zero-order valence-corrected chi connectivity index (χ0v) is 77.5. The number of aromatic hydroxyl groups is 1. The number of Topliss-reactive ketones (excluding diaryl/α,β-unsaturated/α-hetero) is 2. The second-order valence-electron chi connectivity index (χ2n) is 35.1. The summed E-state index contributed by atoms with van der Waals surface area (Å²) in [5.41, 5.74) is 7.60. The number of aliphatic hydroxyl groups excluding tert-OH is 2. The number of amides is 15. The summed E-state index contributed by atoms with van der Waals surface area (Å²) in [4.78, 5) is 278.